The first-order valence-corrected chi connectivity index (χ1v) is 6.67. The number of nitrogens with two attached hydrogens (primary N) is 1. The van der Waals surface area contributed by atoms with Gasteiger partial charge in [-0.15, -0.1) is 0 Å². The van der Waals surface area contributed by atoms with Gasteiger partial charge in [0, 0.05) is 12.1 Å². The molecule has 0 saturated heterocycles. The molecule has 2 unspecified atom stereocenters. The zero-order valence-electron chi connectivity index (χ0n) is 11.4. The van der Waals surface area contributed by atoms with Crippen LogP contribution >= 0.6 is 0 Å². The molecule has 1 aromatic rings. The van der Waals surface area contributed by atoms with Crippen molar-refractivity contribution in [3.63, 3.8) is 0 Å². The van der Waals surface area contributed by atoms with Gasteiger partial charge in [-0.05, 0) is 38.9 Å². The second kappa shape index (κ2) is 7.46. The summed E-state index contributed by atoms with van der Waals surface area (Å²) in [4.78, 5) is 2.46. The molecular formula is C15H26N2. The van der Waals surface area contributed by atoms with Gasteiger partial charge < -0.3 is 5.73 Å². The molecule has 0 aliphatic carbocycles. The van der Waals surface area contributed by atoms with Crippen molar-refractivity contribution < 1.29 is 0 Å². The van der Waals surface area contributed by atoms with Crippen LogP contribution in [0.1, 0.15) is 44.7 Å². The summed E-state index contributed by atoms with van der Waals surface area (Å²) in [6, 6.07) is 11.7. The molecule has 2 atom stereocenters. The highest BCUT2D eigenvalue weighted by molar-refractivity contribution is 5.19. The van der Waals surface area contributed by atoms with Crippen molar-refractivity contribution in [1.29, 1.82) is 0 Å². The number of benzene rings is 1. The average molecular weight is 234 g/mol. The van der Waals surface area contributed by atoms with E-state index in [-0.39, 0.29) is 0 Å². The number of hydrogen-bond donors (Lipinski definition) is 1. The lowest BCUT2D eigenvalue weighted by atomic mass is 10.00. The van der Waals surface area contributed by atoms with Crippen molar-refractivity contribution in [2.45, 2.75) is 45.2 Å². The first kappa shape index (κ1) is 14.2. The fourth-order valence-electron chi connectivity index (χ4n) is 2.37. The van der Waals surface area contributed by atoms with Gasteiger partial charge in [-0.3, -0.25) is 4.90 Å². The molecular weight excluding hydrogens is 208 g/mol. The normalized spacial score (nSPS) is 14.9. The highest BCUT2D eigenvalue weighted by Gasteiger charge is 2.19. The van der Waals surface area contributed by atoms with Gasteiger partial charge in [0.15, 0.2) is 0 Å². The number of nitrogens with zero attached hydrogens (tertiary/aromatic N) is 1. The summed E-state index contributed by atoms with van der Waals surface area (Å²) >= 11 is 0. The fourth-order valence-corrected chi connectivity index (χ4v) is 2.37. The van der Waals surface area contributed by atoms with Crippen LogP contribution in [0.25, 0.3) is 0 Å². The van der Waals surface area contributed by atoms with Crippen LogP contribution in [0.4, 0.5) is 0 Å². The molecule has 0 amide bonds. The third-order valence-electron chi connectivity index (χ3n) is 3.52. The van der Waals surface area contributed by atoms with E-state index in [4.69, 9.17) is 5.73 Å². The van der Waals surface area contributed by atoms with Gasteiger partial charge >= 0.3 is 0 Å². The predicted octanol–water partition coefficient (Wildman–Crippen LogP) is 3.20. The van der Waals surface area contributed by atoms with Gasteiger partial charge in [0.05, 0.1) is 0 Å². The van der Waals surface area contributed by atoms with E-state index in [0.717, 1.165) is 13.0 Å². The first-order chi connectivity index (χ1) is 8.20. The molecule has 0 aliphatic heterocycles. The Hall–Kier alpha value is -0.860. The summed E-state index contributed by atoms with van der Waals surface area (Å²) in [6.07, 6.45) is 3.49. The molecule has 1 rings (SSSR count). The van der Waals surface area contributed by atoms with Crippen LogP contribution in [-0.2, 0) is 0 Å². The van der Waals surface area contributed by atoms with E-state index in [9.17, 15) is 0 Å². The van der Waals surface area contributed by atoms with Crippen LogP contribution < -0.4 is 5.73 Å². The van der Waals surface area contributed by atoms with Crippen molar-refractivity contribution in [3.8, 4) is 0 Å². The number of rotatable bonds is 7. The minimum absolute atomic E-state index is 0.447. The van der Waals surface area contributed by atoms with Gasteiger partial charge in [-0.2, -0.15) is 0 Å². The Morgan fingerprint density at radius 2 is 1.82 bits per heavy atom. The van der Waals surface area contributed by atoms with Crippen molar-refractivity contribution in [1.82, 2.24) is 4.90 Å². The Labute approximate surface area is 106 Å². The second-order valence-corrected chi connectivity index (χ2v) is 4.81. The molecule has 0 heterocycles. The lowest BCUT2D eigenvalue weighted by Crippen LogP contribution is -2.34. The maximum atomic E-state index is 5.75. The van der Waals surface area contributed by atoms with Crippen molar-refractivity contribution in [2.75, 3.05) is 13.6 Å². The summed E-state index contributed by atoms with van der Waals surface area (Å²) in [5.41, 5.74) is 7.13. The quantitative estimate of drug-likeness (QED) is 0.785. The molecule has 0 radical (unpaired) electrons. The summed E-state index contributed by atoms with van der Waals surface area (Å²) in [7, 11) is 2.22. The Balaban J connectivity index is 2.78. The van der Waals surface area contributed by atoms with E-state index >= 15 is 0 Å². The molecule has 0 aliphatic rings. The standard InChI is InChI=1S/C15H26N2/c1-4-8-13(2)17(3)15(11-12-16)14-9-6-5-7-10-14/h5-7,9-10,13,15H,4,8,11-12,16H2,1-3H3. The Morgan fingerprint density at radius 1 is 1.18 bits per heavy atom. The van der Waals surface area contributed by atoms with Gasteiger partial charge in [-0.1, -0.05) is 43.7 Å². The van der Waals surface area contributed by atoms with Crippen LogP contribution in [0.2, 0.25) is 0 Å². The monoisotopic (exact) mass is 234 g/mol. The molecule has 0 bridgehead atoms. The van der Waals surface area contributed by atoms with Crippen LogP contribution in [0.15, 0.2) is 30.3 Å². The molecule has 2 N–H and O–H groups in total. The average Bonchev–Trinajstić information content (AvgIpc) is 2.36. The highest BCUT2D eigenvalue weighted by Crippen LogP contribution is 2.25. The molecule has 0 fully saturated rings. The lowest BCUT2D eigenvalue weighted by Gasteiger charge is -2.33. The molecule has 2 heteroatoms. The molecule has 96 valence electrons. The predicted molar refractivity (Wildman–Crippen MR) is 75.0 cm³/mol. The maximum absolute atomic E-state index is 5.75. The number of hydrogen-bond acceptors (Lipinski definition) is 2. The van der Waals surface area contributed by atoms with Crippen LogP contribution in [-0.4, -0.2) is 24.5 Å². The smallest absolute Gasteiger partial charge is 0.0359 e. The Bertz CT molecular complexity index is 297. The second-order valence-electron chi connectivity index (χ2n) is 4.81. The van der Waals surface area contributed by atoms with E-state index in [2.05, 4.69) is 56.1 Å². The summed E-state index contributed by atoms with van der Waals surface area (Å²) in [6.45, 7) is 5.28. The summed E-state index contributed by atoms with van der Waals surface area (Å²) in [5.74, 6) is 0. The molecule has 17 heavy (non-hydrogen) atoms. The van der Waals surface area contributed by atoms with Gasteiger partial charge in [0.1, 0.15) is 0 Å². The Morgan fingerprint density at radius 3 is 2.35 bits per heavy atom. The minimum atomic E-state index is 0.447. The van der Waals surface area contributed by atoms with Crippen molar-refractivity contribution in [3.05, 3.63) is 35.9 Å². The van der Waals surface area contributed by atoms with E-state index < -0.39 is 0 Å². The highest BCUT2D eigenvalue weighted by atomic mass is 15.2. The third kappa shape index (κ3) is 4.14. The molecule has 0 spiro atoms. The maximum Gasteiger partial charge on any atom is 0.0359 e. The van der Waals surface area contributed by atoms with Gasteiger partial charge in [0.2, 0.25) is 0 Å². The summed E-state index contributed by atoms with van der Waals surface area (Å²) in [5, 5.41) is 0. The summed E-state index contributed by atoms with van der Waals surface area (Å²) < 4.78 is 0. The van der Waals surface area contributed by atoms with E-state index in [1.165, 1.54) is 18.4 Å². The van der Waals surface area contributed by atoms with Gasteiger partial charge in [-0.25, -0.2) is 0 Å². The molecule has 1 aromatic carbocycles. The fraction of sp³-hybridized carbons (Fsp3) is 0.600. The lowest BCUT2D eigenvalue weighted by molar-refractivity contribution is 0.169. The Kier molecular flexibility index (Phi) is 6.23. The van der Waals surface area contributed by atoms with E-state index in [0.29, 0.717) is 12.1 Å². The zero-order valence-corrected chi connectivity index (χ0v) is 11.4. The van der Waals surface area contributed by atoms with Crippen molar-refractivity contribution >= 4 is 0 Å². The third-order valence-corrected chi connectivity index (χ3v) is 3.52. The van der Waals surface area contributed by atoms with E-state index in [1.807, 2.05) is 0 Å². The van der Waals surface area contributed by atoms with Crippen LogP contribution in [0, 0.1) is 0 Å². The van der Waals surface area contributed by atoms with Gasteiger partial charge in [0.25, 0.3) is 0 Å². The molecule has 0 aromatic heterocycles. The van der Waals surface area contributed by atoms with Crippen molar-refractivity contribution in [2.24, 2.45) is 5.73 Å². The molecule has 2 nitrogen and oxygen atoms in total. The first-order valence-electron chi connectivity index (χ1n) is 6.67. The topological polar surface area (TPSA) is 29.3 Å². The molecule has 0 saturated carbocycles. The van der Waals surface area contributed by atoms with E-state index in [1.54, 1.807) is 0 Å². The minimum Gasteiger partial charge on any atom is -0.330 e. The largest absolute Gasteiger partial charge is 0.330 e. The SMILES string of the molecule is CCCC(C)N(C)C(CCN)c1ccccc1. The van der Waals surface area contributed by atoms with Crippen LogP contribution in [0.5, 0.6) is 0 Å². The zero-order chi connectivity index (χ0) is 12.7. The van der Waals surface area contributed by atoms with Crippen LogP contribution in [0.3, 0.4) is 0 Å².